The van der Waals surface area contributed by atoms with E-state index in [1.807, 2.05) is 12.3 Å². The molecule has 27 heavy (non-hydrogen) atoms. The lowest BCUT2D eigenvalue weighted by molar-refractivity contribution is 0.102. The molecule has 1 aromatic heterocycles. The molecule has 0 radical (unpaired) electrons. The number of nitrogens with one attached hydrogen (secondary N) is 3. The van der Waals surface area contributed by atoms with Gasteiger partial charge in [0.05, 0.1) is 11.6 Å². The molecule has 2 aromatic carbocycles. The van der Waals surface area contributed by atoms with E-state index in [9.17, 15) is 9.18 Å². The SMILES string of the molecule is CC(NC(=S)Nc1ccc(NC(=O)c2ccccc2F)cc1)c1nccs1. The Bertz CT molecular complexity index is 929. The van der Waals surface area contributed by atoms with Crippen molar-refractivity contribution in [2.24, 2.45) is 0 Å². The van der Waals surface area contributed by atoms with Crippen LogP contribution >= 0.6 is 23.6 Å². The van der Waals surface area contributed by atoms with E-state index in [4.69, 9.17) is 12.2 Å². The Morgan fingerprint density at radius 3 is 2.41 bits per heavy atom. The number of halogens is 1. The highest BCUT2D eigenvalue weighted by Crippen LogP contribution is 2.17. The monoisotopic (exact) mass is 400 g/mol. The van der Waals surface area contributed by atoms with Gasteiger partial charge in [-0.3, -0.25) is 4.79 Å². The number of hydrogen-bond acceptors (Lipinski definition) is 4. The number of thiocarbonyl (C=S) groups is 1. The molecule has 5 nitrogen and oxygen atoms in total. The van der Waals surface area contributed by atoms with E-state index < -0.39 is 11.7 Å². The molecular weight excluding hydrogens is 383 g/mol. The van der Waals surface area contributed by atoms with E-state index in [2.05, 4.69) is 20.9 Å². The smallest absolute Gasteiger partial charge is 0.258 e. The Morgan fingerprint density at radius 2 is 1.78 bits per heavy atom. The Kier molecular flexibility index (Phi) is 6.10. The van der Waals surface area contributed by atoms with Crippen molar-refractivity contribution in [3.05, 3.63) is 76.5 Å². The van der Waals surface area contributed by atoms with Crippen molar-refractivity contribution in [2.45, 2.75) is 13.0 Å². The van der Waals surface area contributed by atoms with E-state index in [1.165, 1.54) is 12.1 Å². The van der Waals surface area contributed by atoms with Gasteiger partial charge in [-0.1, -0.05) is 12.1 Å². The normalized spacial score (nSPS) is 11.5. The van der Waals surface area contributed by atoms with Gasteiger partial charge in [0.2, 0.25) is 0 Å². The summed E-state index contributed by atoms with van der Waals surface area (Å²) in [7, 11) is 0. The maximum Gasteiger partial charge on any atom is 0.258 e. The molecule has 0 spiro atoms. The van der Waals surface area contributed by atoms with Gasteiger partial charge < -0.3 is 16.0 Å². The lowest BCUT2D eigenvalue weighted by atomic mass is 10.2. The zero-order chi connectivity index (χ0) is 19.2. The number of nitrogens with zero attached hydrogens (tertiary/aromatic N) is 1. The summed E-state index contributed by atoms with van der Waals surface area (Å²) in [5.41, 5.74) is 1.33. The summed E-state index contributed by atoms with van der Waals surface area (Å²) < 4.78 is 13.7. The summed E-state index contributed by atoms with van der Waals surface area (Å²) in [5.74, 6) is -1.05. The van der Waals surface area contributed by atoms with E-state index in [1.54, 1.807) is 53.9 Å². The zero-order valence-corrected chi connectivity index (χ0v) is 16.0. The summed E-state index contributed by atoms with van der Waals surface area (Å²) in [6.07, 6.45) is 1.75. The van der Waals surface area contributed by atoms with Gasteiger partial charge in [0.1, 0.15) is 10.8 Å². The average molecular weight is 401 g/mol. The van der Waals surface area contributed by atoms with Crippen LogP contribution in [0.2, 0.25) is 0 Å². The minimum Gasteiger partial charge on any atom is -0.353 e. The van der Waals surface area contributed by atoms with Gasteiger partial charge in [-0.25, -0.2) is 9.37 Å². The number of amides is 1. The third kappa shape index (κ3) is 5.08. The Hall–Kier alpha value is -2.84. The van der Waals surface area contributed by atoms with E-state index in [0.29, 0.717) is 10.8 Å². The summed E-state index contributed by atoms with van der Waals surface area (Å²) >= 11 is 6.87. The van der Waals surface area contributed by atoms with Crippen molar-refractivity contribution in [2.75, 3.05) is 10.6 Å². The Labute approximate surface area is 165 Å². The molecule has 0 aliphatic rings. The molecule has 138 valence electrons. The molecule has 1 atom stereocenters. The molecule has 3 rings (SSSR count). The number of rotatable bonds is 5. The second-order valence-electron chi connectivity index (χ2n) is 5.70. The van der Waals surface area contributed by atoms with Crippen molar-refractivity contribution in [3.63, 3.8) is 0 Å². The molecule has 0 bridgehead atoms. The van der Waals surface area contributed by atoms with Crippen molar-refractivity contribution < 1.29 is 9.18 Å². The fourth-order valence-corrected chi connectivity index (χ4v) is 3.30. The molecular formula is C19H17FN4OS2. The van der Waals surface area contributed by atoms with Gasteiger partial charge >= 0.3 is 0 Å². The van der Waals surface area contributed by atoms with Crippen LogP contribution in [0.3, 0.4) is 0 Å². The minimum atomic E-state index is -0.556. The summed E-state index contributed by atoms with van der Waals surface area (Å²) in [6, 6.07) is 12.8. The topological polar surface area (TPSA) is 66.0 Å². The van der Waals surface area contributed by atoms with Crippen LogP contribution in [0.15, 0.2) is 60.1 Å². The quantitative estimate of drug-likeness (QED) is 0.547. The van der Waals surface area contributed by atoms with Gasteiger partial charge in [0.15, 0.2) is 5.11 Å². The first-order valence-electron chi connectivity index (χ1n) is 8.16. The largest absolute Gasteiger partial charge is 0.353 e. The Balaban J connectivity index is 1.56. The van der Waals surface area contributed by atoms with Crippen molar-refractivity contribution in [1.29, 1.82) is 0 Å². The van der Waals surface area contributed by atoms with Crippen LogP contribution in [0.5, 0.6) is 0 Å². The highest BCUT2D eigenvalue weighted by atomic mass is 32.1. The lowest BCUT2D eigenvalue weighted by Gasteiger charge is -2.15. The van der Waals surface area contributed by atoms with Crippen LogP contribution in [-0.2, 0) is 0 Å². The maximum absolute atomic E-state index is 13.7. The van der Waals surface area contributed by atoms with Crippen LogP contribution in [-0.4, -0.2) is 16.0 Å². The van der Waals surface area contributed by atoms with Gasteiger partial charge in [-0.15, -0.1) is 11.3 Å². The molecule has 0 saturated carbocycles. The molecule has 8 heteroatoms. The second-order valence-corrected chi connectivity index (χ2v) is 7.04. The number of carbonyl (C=O) groups is 1. The molecule has 3 N–H and O–H groups in total. The fraction of sp³-hybridized carbons (Fsp3) is 0.105. The standard InChI is InChI=1S/C19H17FN4OS2/c1-12(18-21-10-11-27-18)22-19(26)24-14-8-6-13(7-9-14)23-17(25)15-4-2-3-5-16(15)20/h2-12H,1H3,(H,23,25)(H2,22,24,26). The third-order valence-corrected chi connectivity index (χ3v) is 4.87. The van der Waals surface area contributed by atoms with Gasteiger partial charge in [0, 0.05) is 23.0 Å². The zero-order valence-electron chi connectivity index (χ0n) is 14.4. The number of anilines is 2. The van der Waals surface area contributed by atoms with E-state index >= 15 is 0 Å². The van der Waals surface area contributed by atoms with E-state index in [-0.39, 0.29) is 11.6 Å². The average Bonchev–Trinajstić information content (AvgIpc) is 3.18. The molecule has 0 aliphatic heterocycles. The maximum atomic E-state index is 13.7. The molecule has 0 fully saturated rings. The number of carbonyl (C=O) groups excluding carboxylic acids is 1. The van der Waals surface area contributed by atoms with E-state index in [0.717, 1.165) is 10.7 Å². The van der Waals surface area contributed by atoms with Crippen LogP contribution in [0.4, 0.5) is 15.8 Å². The third-order valence-electron chi connectivity index (χ3n) is 3.69. The molecule has 3 aromatic rings. The molecule has 1 unspecified atom stereocenters. The van der Waals surface area contributed by atoms with Crippen LogP contribution in [0.25, 0.3) is 0 Å². The predicted molar refractivity (Wildman–Crippen MR) is 111 cm³/mol. The number of benzene rings is 2. The molecule has 1 amide bonds. The summed E-state index contributed by atoms with van der Waals surface area (Å²) in [4.78, 5) is 16.4. The van der Waals surface area contributed by atoms with Gasteiger partial charge in [-0.05, 0) is 55.5 Å². The van der Waals surface area contributed by atoms with Gasteiger partial charge in [-0.2, -0.15) is 0 Å². The second kappa shape index (κ2) is 8.70. The Morgan fingerprint density at radius 1 is 1.11 bits per heavy atom. The first-order valence-corrected chi connectivity index (χ1v) is 9.44. The fourth-order valence-electron chi connectivity index (χ4n) is 2.35. The number of thiazole rings is 1. The number of hydrogen-bond donors (Lipinski definition) is 3. The molecule has 0 aliphatic carbocycles. The molecule has 0 saturated heterocycles. The van der Waals surface area contributed by atoms with Crippen LogP contribution < -0.4 is 16.0 Å². The predicted octanol–water partition coefficient (Wildman–Crippen LogP) is 4.58. The van der Waals surface area contributed by atoms with Gasteiger partial charge in [0.25, 0.3) is 5.91 Å². The number of aromatic nitrogens is 1. The highest BCUT2D eigenvalue weighted by Gasteiger charge is 2.11. The first kappa shape index (κ1) is 18.9. The summed E-state index contributed by atoms with van der Waals surface area (Å²) in [5, 5.41) is 12.2. The van der Waals surface area contributed by atoms with Crippen molar-refractivity contribution in [3.8, 4) is 0 Å². The molecule has 1 heterocycles. The highest BCUT2D eigenvalue weighted by molar-refractivity contribution is 7.80. The first-order chi connectivity index (χ1) is 13.0. The van der Waals surface area contributed by atoms with Crippen LogP contribution in [0, 0.1) is 5.82 Å². The minimum absolute atomic E-state index is 0.00116. The van der Waals surface area contributed by atoms with Crippen LogP contribution in [0.1, 0.15) is 28.3 Å². The van der Waals surface area contributed by atoms with Crippen molar-refractivity contribution >= 4 is 45.9 Å². The van der Waals surface area contributed by atoms with Crippen molar-refractivity contribution in [1.82, 2.24) is 10.3 Å². The summed E-state index contributed by atoms with van der Waals surface area (Å²) in [6.45, 7) is 1.98. The lowest BCUT2D eigenvalue weighted by Crippen LogP contribution is -2.30.